The van der Waals surface area contributed by atoms with Gasteiger partial charge in [0, 0.05) is 103 Å². The Kier molecular flexibility index (Phi) is 26.6. The quantitative estimate of drug-likeness (QED) is 0.0245. The Labute approximate surface area is 532 Å². The van der Waals surface area contributed by atoms with Gasteiger partial charge in [0.05, 0.1) is 53.2 Å². The van der Waals surface area contributed by atoms with Crippen LogP contribution in [0.2, 0.25) is 0 Å². The summed E-state index contributed by atoms with van der Waals surface area (Å²) in [6.07, 6.45) is 4.52. The molecule has 3 amide bonds. The van der Waals surface area contributed by atoms with E-state index in [2.05, 4.69) is 36.0 Å². The number of rotatable bonds is 26. The molecule has 31 heteroatoms. The number of benzene rings is 2. The fourth-order valence-corrected chi connectivity index (χ4v) is 12.4. The Balaban J connectivity index is 1.35. The zero-order valence-electron chi connectivity index (χ0n) is 54.1. The first-order valence-corrected chi connectivity index (χ1v) is 33.0. The molecule has 3 heterocycles. The Hall–Kier alpha value is -7.07. The number of fused-ring (bicyclic) bond motifs is 1. The number of esters is 3. The lowest BCUT2D eigenvalue weighted by Crippen LogP contribution is -2.54. The fourth-order valence-electron chi connectivity index (χ4n) is 10.1. The number of imidazole rings is 1. The molecular weight excluding hydrogens is 1220 g/mol. The number of pyridine rings is 1. The van der Waals surface area contributed by atoms with Gasteiger partial charge in [0.2, 0.25) is 27.3 Å². The third-order valence-corrected chi connectivity index (χ3v) is 16.4. The Morgan fingerprint density at radius 1 is 0.692 bits per heavy atom. The van der Waals surface area contributed by atoms with Gasteiger partial charge in [-0.3, -0.25) is 58.0 Å². The number of aryl methyl sites for hydroxylation is 4. The summed E-state index contributed by atoms with van der Waals surface area (Å²) in [4.78, 5) is 122. The van der Waals surface area contributed by atoms with E-state index >= 15 is 0 Å². The SMILES string of the molecule is Cc1cc(C)c(S(=O)(=O)N[C@@H](CNC(=O)c2cn(CCCNC(=O)[C@H](CS(O)(O)O)NC(=O)CN3CCN(CC(=O)OC(C)(C)C)CCN(CC(=O)OC(C)(C)C)CCN(CC(=O)OC(C)(C)C)CC3)c3cc(CNc4ncc[nH]4)ccc3c2=O)C(=O)O)c(C)c1. The smallest absolute Gasteiger partial charge is 0.323 e. The fraction of sp³-hybridized carbons (Fsp3) is 0.583. The summed E-state index contributed by atoms with van der Waals surface area (Å²) in [6.45, 7) is 21.1. The van der Waals surface area contributed by atoms with E-state index < -0.39 is 115 Å². The molecule has 1 aliphatic heterocycles. The number of aromatic nitrogens is 3. The van der Waals surface area contributed by atoms with Crippen LogP contribution < -0.4 is 31.4 Å². The third-order valence-electron chi connectivity index (χ3n) is 13.8. The number of hydrogen-bond donors (Lipinski definition) is 10. The summed E-state index contributed by atoms with van der Waals surface area (Å²) in [7, 11) is -8.84. The molecule has 1 fully saturated rings. The van der Waals surface area contributed by atoms with Crippen LogP contribution in [-0.4, -0.2) is 229 Å². The molecule has 2 aromatic heterocycles. The van der Waals surface area contributed by atoms with Crippen LogP contribution in [0.4, 0.5) is 5.95 Å². The van der Waals surface area contributed by atoms with E-state index in [0.717, 1.165) is 5.56 Å². The van der Waals surface area contributed by atoms with Crippen molar-refractivity contribution in [2.75, 3.05) is 103 Å². The molecule has 1 aliphatic rings. The molecule has 4 aromatic rings. The molecule has 0 bridgehead atoms. The van der Waals surface area contributed by atoms with Crippen molar-refractivity contribution < 1.29 is 75.0 Å². The number of carboxylic acid groups (broad SMARTS) is 1. The van der Waals surface area contributed by atoms with Crippen molar-refractivity contribution in [3.8, 4) is 0 Å². The summed E-state index contributed by atoms with van der Waals surface area (Å²) < 4.78 is 78.6. The predicted octanol–water partition coefficient (Wildman–Crippen LogP) is 2.88. The molecule has 10 N–H and O–H groups in total. The summed E-state index contributed by atoms with van der Waals surface area (Å²) in [5.41, 5.74) is -0.888. The van der Waals surface area contributed by atoms with Crippen molar-refractivity contribution in [3.63, 3.8) is 0 Å². The average Bonchev–Trinajstić information content (AvgIpc) is 0.930. The number of aliphatic carboxylic acids is 1. The number of aromatic amines is 1. The number of anilines is 1. The molecule has 0 radical (unpaired) electrons. The van der Waals surface area contributed by atoms with Gasteiger partial charge in [-0.05, 0) is 118 Å². The normalized spacial score (nSPS) is 15.7. The monoisotopic (exact) mass is 1320 g/mol. The molecule has 0 unspecified atom stereocenters. The highest BCUT2D eigenvalue weighted by Gasteiger charge is 2.32. The van der Waals surface area contributed by atoms with E-state index in [1.165, 1.54) is 12.3 Å². The average molecular weight is 1320 g/mol. The molecule has 0 spiro atoms. The summed E-state index contributed by atoms with van der Waals surface area (Å²) in [5, 5.41) is 20.9. The van der Waals surface area contributed by atoms with Gasteiger partial charge < -0.3 is 63.8 Å². The molecule has 2 aromatic carbocycles. The molecule has 91 heavy (non-hydrogen) atoms. The lowest BCUT2D eigenvalue weighted by molar-refractivity contribution is -0.158. The standard InChI is InChI=1S/C60H92N12O17S2/c1-39-28-40(2)53(41(3)29-39)91(85,86)67-45(56(80)81)32-64-54(78)44-33-72(47-30-42(14-15-43(47)52(44)77)31-65-57-62-17-18-63-57)19-13-16-61-55(79)46(38-90(82,83)84)66-48(73)34-68-20-22-69(35-49(74)87-58(4,5)6)24-26-71(37-51(76)89-60(10,11)12)27-25-70(23-21-68)36-50(75)88-59(7,8)9/h14-15,17-18,28-30,33,45-46,67,82-84H,13,16,19-27,31-32,34-38H2,1-12H3,(H,61,79)(H,64,78)(H,66,73)(H,80,81)(H2,62,63,65)/t45-,46-/m0/s1. The van der Waals surface area contributed by atoms with Crippen LogP contribution in [0.15, 0.2) is 58.6 Å². The molecule has 2 atom stereocenters. The number of carbonyl (C=O) groups excluding carboxylic acids is 6. The van der Waals surface area contributed by atoms with Crippen LogP contribution in [-0.2, 0) is 66.1 Å². The summed E-state index contributed by atoms with van der Waals surface area (Å²) >= 11 is 0. The van der Waals surface area contributed by atoms with Gasteiger partial charge in [-0.15, -0.1) is 0 Å². The summed E-state index contributed by atoms with van der Waals surface area (Å²) in [6, 6.07) is 4.59. The second-order valence-corrected chi connectivity index (χ2v) is 28.8. The second kappa shape index (κ2) is 32.5. The first-order valence-electron chi connectivity index (χ1n) is 29.8. The van der Waals surface area contributed by atoms with Crippen molar-refractivity contribution in [2.45, 2.75) is 136 Å². The van der Waals surface area contributed by atoms with Gasteiger partial charge in [-0.2, -0.15) is 4.72 Å². The molecule has 0 saturated carbocycles. The first kappa shape index (κ1) is 74.7. The molecule has 29 nitrogen and oxygen atoms in total. The number of nitrogens with one attached hydrogen (secondary N) is 6. The highest BCUT2D eigenvalue weighted by molar-refractivity contribution is 8.19. The number of amides is 3. The number of ether oxygens (including phenoxy) is 3. The van der Waals surface area contributed by atoms with Crippen LogP contribution in [0.5, 0.6) is 0 Å². The van der Waals surface area contributed by atoms with E-state index in [4.69, 9.17) is 14.2 Å². The van der Waals surface area contributed by atoms with Gasteiger partial charge >= 0.3 is 23.9 Å². The zero-order valence-corrected chi connectivity index (χ0v) is 55.7. The number of nitrogens with zero attached hydrogens (tertiary/aromatic N) is 6. The highest BCUT2D eigenvalue weighted by atomic mass is 32.3. The van der Waals surface area contributed by atoms with Gasteiger partial charge in [0.25, 0.3) is 5.91 Å². The maximum Gasteiger partial charge on any atom is 0.323 e. The van der Waals surface area contributed by atoms with Crippen molar-refractivity contribution in [1.29, 1.82) is 0 Å². The molecule has 1 saturated heterocycles. The van der Waals surface area contributed by atoms with Gasteiger partial charge in [0.1, 0.15) is 34.5 Å². The molecule has 0 aliphatic carbocycles. The maximum atomic E-state index is 14.1. The van der Waals surface area contributed by atoms with Crippen LogP contribution >= 0.6 is 10.9 Å². The van der Waals surface area contributed by atoms with Crippen LogP contribution in [0, 0.1) is 20.8 Å². The second-order valence-electron chi connectivity index (χ2n) is 25.6. The molecule has 506 valence electrons. The molecular formula is C60H92N12O17S2. The van der Waals surface area contributed by atoms with Gasteiger partial charge in [-0.1, -0.05) is 23.8 Å². The van der Waals surface area contributed by atoms with Crippen molar-refractivity contribution in [2.24, 2.45) is 0 Å². The maximum absolute atomic E-state index is 14.1. The number of carboxylic acids is 1. The summed E-state index contributed by atoms with van der Waals surface area (Å²) in [5.74, 6) is -6.29. The van der Waals surface area contributed by atoms with Gasteiger partial charge in [0.15, 0.2) is 5.95 Å². The number of hydrogen-bond acceptors (Lipinski definition) is 22. The number of H-pyrrole nitrogens is 1. The minimum Gasteiger partial charge on any atom is -0.480 e. The minimum atomic E-state index is -4.42. The van der Waals surface area contributed by atoms with Gasteiger partial charge in [-0.25, -0.2) is 13.4 Å². The predicted molar refractivity (Wildman–Crippen MR) is 342 cm³/mol. The van der Waals surface area contributed by atoms with E-state index in [0.29, 0.717) is 41.2 Å². The Bertz CT molecular complexity index is 3300. The van der Waals surface area contributed by atoms with Crippen molar-refractivity contribution in [1.82, 2.24) is 54.8 Å². The highest BCUT2D eigenvalue weighted by Crippen LogP contribution is 2.33. The minimum absolute atomic E-state index is 0.0119. The van der Waals surface area contributed by atoms with E-state index in [-0.39, 0.29) is 102 Å². The largest absolute Gasteiger partial charge is 0.480 e. The van der Waals surface area contributed by atoms with Crippen LogP contribution in [0.25, 0.3) is 10.9 Å². The van der Waals surface area contributed by atoms with E-state index in [1.807, 2.05) is 14.7 Å². The Morgan fingerprint density at radius 2 is 1.19 bits per heavy atom. The zero-order chi connectivity index (χ0) is 67.8. The van der Waals surface area contributed by atoms with E-state index in [9.17, 15) is 65.5 Å². The van der Waals surface area contributed by atoms with Crippen molar-refractivity contribution in [3.05, 3.63) is 87.0 Å². The topological polar surface area (TPSA) is 386 Å². The first-order chi connectivity index (χ1) is 42.2. The van der Waals surface area contributed by atoms with Crippen LogP contribution in [0.1, 0.15) is 101 Å². The lowest BCUT2D eigenvalue weighted by Gasteiger charge is -2.34. The number of sulfonamides is 1. The van der Waals surface area contributed by atoms with Crippen LogP contribution in [0.3, 0.4) is 0 Å². The Morgan fingerprint density at radius 3 is 1.64 bits per heavy atom. The lowest BCUT2D eigenvalue weighted by atomic mass is 10.1. The third kappa shape index (κ3) is 25.9. The van der Waals surface area contributed by atoms with E-state index in [1.54, 1.807) is 129 Å². The van der Waals surface area contributed by atoms with Crippen molar-refractivity contribution >= 4 is 79.3 Å². The number of carbonyl (C=O) groups is 7. The molecule has 5 rings (SSSR count).